The highest BCUT2D eigenvalue weighted by Gasteiger charge is 2.50. The Morgan fingerprint density at radius 2 is 1.82 bits per heavy atom. The minimum Gasteiger partial charge on any atom is -0.346 e. The summed E-state index contributed by atoms with van der Waals surface area (Å²) in [5.74, 6) is -6.27. The molecule has 2 aromatic carbocycles. The van der Waals surface area contributed by atoms with Crippen molar-refractivity contribution in [1.29, 1.82) is 0 Å². The van der Waals surface area contributed by atoms with Gasteiger partial charge in [-0.15, -0.1) is 0 Å². The van der Waals surface area contributed by atoms with Crippen LogP contribution in [0.2, 0.25) is 5.02 Å². The van der Waals surface area contributed by atoms with Gasteiger partial charge in [0.05, 0.1) is 5.44 Å². The summed E-state index contributed by atoms with van der Waals surface area (Å²) < 4.78 is 29.0. The van der Waals surface area contributed by atoms with Crippen LogP contribution in [0.1, 0.15) is 39.9 Å². The van der Waals surface area contributed by atoms with Gasteiger partial charge < -0.3 is 15.0 Å². The Balaban J connectivity index is 1.47. The summed E-state index contributed by atoms with van der Waals surface area (Å²) in [7, 11) is 3.04. The number of carbonyl (C=O) groups is 4. The van der Waals surface area contributed by atoms with Crippen molar-refractivity contribution in [3.63, 3.8) is 0 Å². The van der Waals surface area contributed by atoms with E-state index < -0.39 is 28.7 Å². The first-order chi connectivity index (χ1) is 15.9. The second-order valence-electron chi connectivity index (χ2n) is 8.68. The van der Waals surface area contributed by atoms with E-state index in [1.165, 1.54) is 25.0 Å². The highest BCUT2D eigenvalue weighted by molar-refractivity contribution is 6.38. The molecule has 1 saturated heterocycles. The van der Waals surface area contributed by atoms with Crippen molar-refractivity contribution in [1.82, 2.24) is 15.0 Å². The molecule has 34 heavy (non-hydrogen) atoms. The van der Waals surface area contributed by atoms with Crippen molar-refractivity contribution in [2.24, 2.45) is 0 Å². The first kappa shape index (κ1) is 23.9. The predicted octanol–water partition coefficient (Wildman–Crippen LogP) is 0.730. The van der Waals surface area contributed by atoms with Gasteiger partial charge in [-0.1, -0.05) is 35.9 Å². The Morgan fingerprint density at radius 3 is 2.50 bits per heavy atom. The number of halogens is 3. The number of rotatable bonds is 5. The number of amides is 4. The molecule has 1 atom stereocenters. The topological polar surface area (TPSA) is 86.8 Å². The molecule has 7 nitrogen and oxygen atoms in total. The molecular formula is C22H20B2ClF2N3O4. The van der Waals surface area contributed by atoms with Gasteiger partial charge in [0.25, 0.3) is 11.8 Å². The zero-order chi connectivity index (χ0) is 24.8. The minimum absolute atomic E-state index is 0.140. The fraction of sp³-hybridized carbons (Fsp3) is 0.273. The van der Waals surface area contributed by atoms with E-state index >= 15 is 0 Å². The van der Waals surface area contributed by atoms with Crippen molar-refractivity contribution >= 4 is 51.1 Å². The SMILES string of the molecule is BN1C(=O)CC[C@](B)(N2Cc3cc(CNC(=O)C(F)(F)c4ccc(Cl)cc4)ccc3C2=O)C1=O. The fourth-order valence-electron chi connectivity index (χ4n) is 4.32. The van der Waals surface area contributed by atoms with Gasteiger partial charge in [-0.25, -0.2) is 0 Å². The maximum Gasteiger partial charge on any atom is 0.349 e. The Hall–Kier alpha value is -3.20. The van der Waals surface area contributed by atoms with Crippen LogP contribution in [-0.4, -0.2) is 54.6 Å². The van der Waals surface area contributed by atoms with E-state index in [4.69, 9.17) is 11.6 Å². The molecule has 4 amide bonds. The lowest BCUT2D eigenvalue weighted by atomic mass is 9.68. The van der Waals surface area contributed by atoms with E-state index in [0.717, 1.165) is 16.9 Å². The molecule has 0 spiro atoms. The third-order valence-corrected chi connectivity index (χ3v) is 6.73. The van der Waals surface area contributed by atoms with E-state index in [2.05, 4.69) is 5.32 Å². The number of piperidine rings is 1. The molecule has 0 radical (unpaired) electrons. The van der Waals surface area contributed by atoms with Gasteiger partial charge in [-0.3, -0.25) is 19.2 Å². The van der Waals surface area contributed by atoms with E-state index in [1.54, 1.807) is 26.0 Å². The Bertz CT molecular complexity index is 1210. The van der Waals surface area contributed by atoms with Gasteiger partial charge >= 0.3 is 5.92 Å². The van der Waals surface area contributed by atoms with Crippen LogP contribution >= 0.6 is 11.6 Å². The molecule has 0 bridgehead atoms. The van der Waals surface area contributed by atoms with Crippen LogP contribution in [-0.2, 0) is 33.4 Å². The number of hydrogen-bond acceptors (Lipinski definition) is 4. The molecule has 1 N–H and O–H groups in total. The second-order valence-corrected chi connectivity index (χ2v) is 9.11. The number of nitrogens with zero attached hydrogens (tertiary/aromatic N) is 2. The molecular weight excluding hydrogens is 465 g/mol. The van der Waals surface area contributed by atoms with E-state index in [0.29, 0.717) is 16.7 Å². The van der Waals surface area contributed by atoms with Crippen molar-refractivity contribution in [3.8, 4) is 0 Å². The molecule has 2 heterocycles. The van der Waals surface area contributed by atoms with Crippen LogP contribution in [0.5, 0.6) is 0 Å². The zero-order valence-electron chi connectivity index (χ0n) is 18.5. The molecule has 12 heteroatoms. The summed E-state index contributed by atoms with van der Waals surface area (Å²) in [5.41, 5.74) is -0.0854. The van der Waals surface area contributed by atoms with Crippen molar-refractivity contribution in [3.05, 3.63) is 69.7 Å². The summed E-state index contributed by atoms with van der Waals surface area (Å²) in [6.07, 6.45) is 0.370. The van der Waals surface area contributed by atoms with Crippen LogP contribution in [0, 0.1) is 0 Å². The van der Waals surface area contributed by atoms with E-state index in [1.807, 2.05) is 0 Å². The maximum atomic E-state index is 14.5. The van der Waals surface area contributed by atoms with Crippen LogP contribution < -0.4 is 5.32 Å². The van der Waals surface area contributed by atoms with Gasteiger partial charge in [0.2, 0.25) is 19.8 Å². The minimum atomic E-state index is -3.74. The first-order valence-corrected chi connectivity index (χ1v) is 11.0. The number of alkyl halides is 2. The molecule has 0 aliphatic carbocycles. The zero-order valence-corrected chi connectivity index (χ0v) is 19.3. The molecule has 0 aromatic heterocycles. The first-order valence-electron chi connectivity index (χ1n) is 10.6. The summed E-state index contributed by atoms with van der Waals surface area (Å²) >= 11 is 5.72. The number of nitrogens with one attached hydrogen (secondary N) is 1. The fourth-order valence-corrected chi connectivity index (χ4v) is 4.44. The number of hydrogen-bond donors (Lipinski definition) is 1. The molecule has 1 fully saturated rings. The normalized spacial score (nSPS) is 20.5. The summed E-state index contributed by atoms with van der Waals surface area (Å²) in [4.78, 5) is 52.3. The molecule has 174 valence electrons. The number of benzene rings is 2. The Morgan fingerprint density at radius 1 is 1.15 bits per heavy atom. The quantitative estimate of drug-likeness (QED) is 0.500. The van der Waals surface area contributed by atoms with Gasteiger partial charge in [0.1, 0.15) is 7.85 Å². The third-order valence-electron chi connectivity index (χ3n) is 6.48. The molecule has 2 aromatic rings. The van der Waals surface area contributed by atoms with Gasteiger partial charge in [-0.05, 0) is 35.7 Å². The van der Waals surface area contributed by atoms with Crippen LogP contribution in [0.4, 0.5) is 8.78 Å². The lowest BCUT2D eigenvalue weighted by Crippen LogP contribution is -2.64. The monoisotopic (exact) mass is 485 g/mol. The van der Waals surface area contributed by atoms with Gasteiger partial charge in [-0.2, -0.15) is 8.78 Å². The molecule has 2 aliphatic heterocycles. The van der Waals surface area contributed by atoms with Crippen LogP contribution in [0.15, 0.2) is 42.5 Å². The Labute approximate surface area is 201 Å². The summed E-state index contributed by atoms with van der Waals surface area (Å²) in [5, 5.41) is 2.52. The van der Waals surface area contributed by atoms with E-state index in [-0.39, 0.29) is 42.8 Å². The average Bonchev–Trinajstić information content (AvgIpc) is 3.15. The van der Waals surface area contributed by atoms with Gasteiger partial charge in [0, 0.05) is 35.7 Å². The highest BCUT2D eigenvalue weighted by atomic mass is 35.5. The lowest BCUT2D eigenvalue weighted by Gasteiger charge is -2.43. The number of fused-ring (bicyclic) bond motifs is 1. The standard InChI is InChI=1S/C22H20B2ClF2N3O4/c23-21(8-7-17(31)30(24)20(21)34)29-11-13-9-12(1-6-16(13)18(29)32)10-28-19(33)22(26,27)14-2-4-15(25)5-3-14/h1-6,9H,7-8,10-11,23-24H2,(H,28,33)/t21-/m0/s1. The molecule has 0 unspecified atom stereocenters. The maximum absolute atomic E-state index is 14.5. The van der Waals surface area contributed by atoms with E-state index in [9.17, 15) is 28.0 Å². The van der Waals surface area contributed by atoms with Crippen LogP contribution in [0.3, 0.4) is 0 Å². The van der Waals surface area contributed by atoms with Crippen molar-refractivity contribution < 1.29 is 28.0 Å². The third kappa shape index (κ3) is 3.98. The smallest absolute Gasteiger partial charge is 0.346 e. The van der Waals surface area contributed by atoms with Crippen molar-refractivity contribution in [2.45, 2.75) is 37.3 Å². The summed E-state index contributed by atoms with van der Waals surface area (Å²) in [6, 6.07) is 9.54. The molecule has 2 aliphatic rings. The molecule has 4 rings (SSSR count). The molecule has 0 saturated carbocycles. The lowest BCUT2D eigenvalue weighted by molar-refractivity contribution is -0.148. The van der Waals surface area contributed by atoms with Crippen LogP contribution in [0.25, 0.3) is 0 Å². The van der Waals surface area contributed by atoms with Gasteiger partial charge in [0.15, 0.2) is 0 Å². The summed E-state index contributed by atoms with van der Waals surface area (Å²) in [6.45, 7) is -0.0297. The Kier molecular flexibility index (Phi) is 6.01. The second kappa shape index (κ2) is 8.54. The largest absolute Gasteiger partial charge is 0.349 e. The average molecular weight is 485 g/mol. The number of imide groups is 1. The predicted molar refractivity (Wildman–Crippen MR) is 124 cm³/mol. The number of carbonyl (C=O) groups excluding carboxylic acids is 4. The van der Waals surface area contributed by atoms with Crippen molar-refractivity contribution in [2.75, 3.05) is 0 Å². The highest BCUT2D eigenvalue weighted by Crippen LogP contribution is 2.35.